The van der Waals surface area contributed by atoms with Crippen LogP contribution < -0.4 is 0 Å². The Morgan fingerprint density at radius 3 is 2.41 bits per heavy atom. The number of ether oxygens (including phenoxy) is 1. The zero-order valence-corrected chi connectivity index (χ0v) is 15.1. The number of rotatable bonds is 6. The van der Waals surface area contributed by atoms with E-state index in [2.05, 4.69) is 5.10 Å². The molecule has 27 heavy (non-hydrogen) atoms. The first-order valence-corrected chi connectivity index (χ1v) is 8.51. The minimum atomic E-state index is -0.630. The number of carbonyl (C=O) groups excluding carboxylic acids is 2. The maximum atomic E-state index is 13.6. The molecule has 5 nitrogen and oxygen atoms in total. The number of ketones is 1. The number of halogens is 1. The smallest absolute Gasteiger partial charge is 0.310 e. The second-order valence-corrected chi connectivity index (χ2v) is 6.14. The van der Waals surface area contributed by atoms with Crippen LogP contribution in [0.3, 0.4) is 0 Å². The number of Topliss-reactive ketones (excluding diaryl/α,β-unsaturated/α-hetero) is 1. The highest BCUT2D eigenvalue weighted by Gasteiger charge is 2.18. The van der Waals surface area contributed by atoms with Crippen LogP contribution in [-0.2, 0) is 16.0 Å². The van der Waals surface area contributed by atoms with Gasteiger partial charge in [-0.1, -0.05) is 30.3 Å². The van der Waals surface area contributed by atoms with Gasteiger partial charge >= 0.3 is 5.97 Å². The van der Waals surface area contributed by atoms with Crippen LogP contribution in [0.2, 0.25) is 0 Å². The van der Waals surface area contributed by atoms with E-state index in [1.807, 2.05) is 44.2 Å². The summed E-state index contributed by atoms with van der Waals surface area (Å²) < 4.78 is 20.4. The first kappa shape index (κ1) is 18.5. The van der Waals surface area contributed by atoms with Gasteiger partial charge in [0.15, 0.2) is 6.61 Å². The summed E-state index contributed by atoms with van der Waals surface area (Å²) in [6.07, 6.45) is -0.00491. The van der Waals surface area contributed by atoms with E-state index in [0.717, 1.165) is 16.9 Å². The van der Waals surface area contributed by atoms with Gasteiger partial charge in [0.25, 0.3) is 0 Å². The van der Waals surface area contributed by atoms with E-state index in [9.17, 15) is 14.0 Å². The summed E-state index contributed by atoms with van der Waals surface area (Å²) in [5, 5.41) is 4.48. The summed E-state index contributed by atoms with van der Waals surface area (Å²) in [6.45, 7) is 3.20. The summed E-state index contributed by atoms with van der Waals surface area (Å²) in [6, 6.07) is 15.2. The van der Waals surface area contributed by atoms with Gasteiger partial charge in [0, 0.05) is 11.3 Å². The Morgan fingerprint density at radius 2 is 1.70 bits per heavy atom. The van der Waals surface area contributed by atoms with Crippen molar-refractivity contribution in [3.63, 3.8) is 0 Å². The SMILES string of the molecule is Cc1nn(-c2ccccc2)c(C)c1CC(=O)OCC(=O)c1ccccc1F. The number of nitrogens with zero attached hydrogens (tertiary/aromatic N) is 2. The lowest BCUT2D eigenvalue weighted by molar-refractivity contribution is -0.141. The van der Waals surface area contributed by atoms with Crippen LogP contribution in [0.5, 0.6) is 0 Å². The minimum absolute atomic E-state index is 0.00491. The van der Waals surface area contributed by atoms with E-state index in [4.69, 9.17) is 4.74 Å². The second-order valence-electron chi connectivity index (χ2n) is 6.14. The normalized spacial score (nSPS) is 10.6. The largest absolute Gasteiger partial charge is 0.457 e. The Bertz CT molecular complexity index is 980. The van der Waals surface area contributed by atoms with Crippen LogP contribution in [0.25, 0.3) is 5.69 Å². The standard InChI is InChI=1S/C21H19FN2O3/c1-14-18(15(2)24(23-14)16-8-4-3-5-9-16)12-21(26)27-13-20(25)17-10-6-7-11-19(17)22/h3-11H,12-13H2,1-2H3. The van der Waals surface area contributed by atoms with Crippen molar-refractivity contribution in [2.24, 2.45) is 0 Å². The molecule has 0 radical (unpaired) electrons. The number of carbonyl (C=O) groups is 2. The Hall–Kier alpha value is -3.28. The number of hydrogen-bond donors (Lipinski definition) is 0. The topological polar surface area (TPSA) is 61.2 Å². The van der Waals surface area contributed by atoms with Gasteiger partial charge in [-0.05, 0) is 38.1 Å². The van der Waals surface area contributed by atoms with E-state index in [1.165, 1.54) is 18.2 Å². The number of esters is 1. The summed E-state index contributed by atoms with van der Waals surface area (Å²) in [4.78, 5) is 24.2. The van der Waals surface area contributed by atoms with E-state index in [0.29, 0.717) is 5.69 Å². The predicted octanol–water partition coefficient (Wildman–Crippen LogP) is 3.60. The van der Waals surface area contributed by atoms with Gasteiger partial charge in [0.1, 0.15) is 5.82 Å². The summed E-state index contributed by atoms with van der Waals surface area (Å²) in [5.41, 5.74) is 3.11. The number of para-hydroxylation sites is 1. The van der Waals surface area contributed by atoms with Crippen molar-refractivity contribution in [1.29, 1.82) is 0 Å². The first-order valence-electron chi connectivity index (χ1n) is 8.51. The Kier molecular flexibility index (Phi) is 5.45. The van der Waals surface area contributed by atoms with E-state index in [-0.39, 0.29) is 12.0 Å². The van der Waals surface area contributed by atoms with Gasteiger partial charge in [-0.2, -0.15) is 5.10 Å². The lowest BCUT2D eigenvalue weighted by Crippen LogP contribution is -2.17. The molecule has 1 heterocycles. The minimum Gasteiger partial charge on any atom is -0.457 e. The lowest BCUT2D eigenvalue weighted by atomic mass is 10.1. The van der Waals surface area contributed by atoms with Crippen LogP contribution in [-0.4, -0.2) is 28.1 Å². The molecule has 0 unspecified atom stereocenters. The highest BCUT2D eigenvalue weighted by atomic mass is 19.1. The fourth-order valence-corrected chi connectivity index (χ4v) is 2.86. The van der Waals surface area contributed by atoms with Crippen molar-refractivity contribution in [3.8, 4) is 5.69 Å². The molecule has 0 saturated heterocycles. The molecule has 3 aromatic rings. The zero-order valence-electron chi connectivity index (χ0n) is 15.1. The van der Waals surface area contributed by atoms with Crippen molar-refractivity contribution < 1.29 is 18.7 Å². The number of benzene rings is 2. The molecule has 0 N–H and O–H groups in total. The molecule has 0 fully saturated rings. The van der Waals surface area contributed by atoms with Crippen molar-refractivity contribution >= 4 is 11.8 Å². The predicted molar refractivity (Wildman–Crippen MR) is 98.4 cm³/mol. The maximum Gasteiger partial charge on any atom is 0.310 e. The first-order chi connectivity index (χ1) is 13.0. The van der Waals surface area contributed by atoms with Gasteiger partial charge in [-0.15, -0.1) is 0 Å². The van der Waals surface area contributed by atoms with Crippen molar-refractivity contribution in [3.05, 3.63) is 82.9 Å². The van der Waals surface area contributed by atoms with Gasteiger partial charge in [-0.3, -0.25) is 9.59 Å². The molecule has 6 heteroatoms. The molecule has 0 aliphatic carbocycles. The number of aromatic nitrogens is 2. The average Bonchev–Trinajstić information content (AvgIpc) is 2.95. The quantitative estimate of drug-likeness (QED) is 0.494. The van der Waals surface area contributed by atoms with E-state index >= 15 is 0 Å². The third-order valence-corrected chi connectivity index (χ3v) is 4.30. The fourth-order valence-electron chi connectivity index (χ4n) is 2.86. The second kappa shape index (κ2) is 7.95. The van der Waals surface area contributed by atoms with Crippen LogP contribution in [0.1, 0.15) is 27.3 Å². The Labute approximate surface area is 156 Å². The molecule has 0 aliphatic heterocycles. The third-order valence-electron chi connectivity index (χ3n) is 4.30. The molecule has 3 rings (SSSR count). The number of aryl methyl sites for hydroxylation is 1. The van der Waals surface area contributed by atoms with Crippen LogP contribution in [0.4, 0.5) is 4.39 Å². The summed E-state index contributed by atoms with van der Waals surface area (Å²) >= 11 is 0. The molecule has 2 aromatic carbocycles. The van der Waals surface area contributed by atoms with Gasteiger partial charge in [-0.25, -0.2) is 9.07 Å². The van der Waals surface area contributed by atoms with Crippen LogP contribution in [0, 0.1) is 19.7 Å². The number of hydrogen-bond acceptors (Lipinski definition) is 4. The molecule has 0 atom stereocenters. The van der Waals surface area contributed by atoms with Crippen molar-refractivity contribution in [1.82, 2.24) is 9.78 Å². The van der Waals surface area contributed by atoms with Crippen LogP contribution >= 0.6 is 0 Å². The summed E-state index contributed by atoms with van der Waals surface area (Å²) in [5.74, 6) is -1.76. The van der Waals surface area contributed by atoms with Gasteiger partial charge < -0.3 is 4.74 Å². The van der Waals surface area contributed by atoms with Gasteiger partial charge in [0.2, 0.25) is 5.78 Å². The molecule has 0 amide bonds. The molecular weight excluding hydrogens is 347 g/mol. The maximum absolute atomic E-state index is 13.6. The molecular formula is C21H19FN2O3. The monoisotopic (exact) mass is 366 g/mol. The summed E-state index contributed by atoms with van der Waals surface area (Å²) in [7, 11) is 0. The van der Waals surface area contributed by atoms with Crippen molar-refractivity contribution in [2.45, 2.75) is 20.3 Å². The molecule has 0 spiro atoms. The Morgan fingerprint density at radius 1 is 1.04 bits per heavy atom. The fraction of sp³-hybridized carbons (Fsp3) is 0.190. The third kappa shape index (κ3) is 4.11. The average molecular weight is 366 g/mol. The molecule has 1 aromatic heterocycles. The van der Waals surface area contributed by atoms with Crippen molar-refractivity contribution in [2.75, 3.05) is 6.61 Å². The zero-order chi connectivity index (χ0) is 19.4. The lowest BCUT2D eigenvalue weighted by Gasteiger charge is -2.07. The van der Waals surface area contributed by atoms with E-state index in [1.54, 1.807) is 10.7 Å². The highest BCUT2D eigenvalue weighted by molar-refractivity contribution is 5.98. The van der Waals surface area contributed by atoms with E-state index < -0.39 is 24.2 Å². The molecule has 0 aliphatic rings. The Balaban J connectivity index is 1.67. The molecule has 0 saturated carbocycles. The van der Waals surface area contributed by atoms with Crippen LogP contribution in [0.15, 0.2) is 54.6 Å². The highest BCUT2D eigenvalue weighted by Crippen LogP contribution is 2.18. The van der Waals surface area contributed by atoms with Gasteiger partial charge in [0.05, 0.1) is 23.4 Å². The molecule has 0 bridgehead atoms. The molecule has 138 valence electrons.